The maximum absolute atomic E-state index is 12.2. The van der Waals surface area contributed by atoms with Crippen molar-refractivity contribution in [1.29, 1.82) is 0 Å². The van der Waals surface area contributed by atoms with Gasteiger partial charge in [-0.05, 0) is 20.3 Å². The lowest BCUT2D eigenvalue weighted by atomic mass is 10.1. The third kappa shape index (κ3) is 4.90. The summed E-state index contributed by atoms with van der Waals surface area (Å²) in [5.74, 6) is 1.15. The Morgan fingerprint density at radius 2 is 2.16 bits per heavy atom. The lowest BCUT2D eigenvalue weighted by molar-refractivity contribution is -0.152. The molecule has 0 radical (unpaired) electrons. The number of carbonyl (C=O) groups is 2. The normalized spacial score (nSPS) is 20.3. The summed E-state index contributed by atoms with van der Waals surface area (Å²) in [7, 11) is 0. The van der Waals surface area contributed by atoms with Gasteiger partial charge in [-0.3, -0.25) is 4.79 Å². The zero-order valence-corrected chi connectivity index (χ0v) is 12.8. The molecule has 0 N–H and O–H groups in total. The first-order valence-corrected chi connectivity index (χ1v) is 7.97. The van der Waals surface area contributed by atoms with E-state index in [0.29, 0.717) is 18.9 Å². The van der Waals surface area contributed by atoms with Crippen LogP contribution in [0.15, 0.2) is 11.6 Å². The van der Waals surface area contributed by atoms with Crippen LogP contribution in [0, 0.1) is 0 Å². The zero-order chi connectivity index (χ0) is 14.3. The van der Waals surface area contributed by atoms with Crippen molar-refractivity contribution >= 4 is 23.6 Å². The minimum Gasteiger partial charge on any atom is -0.464 e. The first kappa shape index (κ1) is 16.1. The number of thioether (sulfide) groups is 1. The van der Waals surface area contributed by atoms with Gasteiger partial charge in [-0.25, -0.2) is 4.79 Å². The maximum atomic E-state index is 12.2. The molecule has 1 aliphatic rings. The highest BCUT2D eigenvalue weighted by atomic mass is 32.2. The molecule has 4 nitrogen and oxygen atoms in total. The molecular formula is C14H23NO3S. The Morgan fingerprint density at radius 3 is 2.79 bits per heavy atom. The molecule has 0 bridgehead atoms. The molecule has 1 aliphatic heterocycles. The van der Waals surface area contributed by atoms with E-state index >= 15 is 0 Å². The van der Waals surface area contributed by atoms with Gasteiger partial charge in [-0.15, -0.1) is 0 Å². The number of esters is 1. The summed E-state index contributed by atoms with van der Waals surface area (Å²) in [5, 5.41) is 0. The Bertz CT molecular complexity index is 355. The van der Waals surface area contributed by atoms with Crippen LogP contribution in [-0.2, 0) is 14.3 Å². The highest BCUT2D eigenvalue weighted by Crippen LogP contribution is 2.19. The minimum absolute atomic E-state index is 0.0655. The van der Waals surface area contributed by atoms with Crippen molar-refractivity contribution < 1.29 is 14.3 Å². The van der Waals surface area contributed by atoms with E-state index in [0.717, 1.165) is 24.2 Å². The van der Waals surface area contributed by atoms with Crippen molar-refractivity contribution in [3.05, 3.63) is 11.6 Å². The van der Waals surface area contributed by atoms with Crippen molar-refractivity contribution in [2.24, 2.45) is 0 Å². The Balaban J connectivity index is 2.73. The van der Waals surface area contributed by atoms with Gasteiger partial charge in [0.2, 0.25) is 5.91 Å². The highest BCUT2D eigenvalue weighted by molar-refractivity contribution is 7.99. The molecule has 1 heterocycles. The van der Waals surface area contributed by atoms with Crippen LogP contribution < -0.4 is 0 Å². The predicted molar refractivity (Wildman–Crippen MR) is 78.1 cm³/mol. The minimum atomic E-state index is -0.433. The van der Waals surface area contributed by atoms with Crippen LogP contribution in [0.25, 0.3) is 0 Å². The Labute approximate surface area is 119 Å². The molecule has 108 valence electrons. The van der Waals surface area contributed by atoms with Crippen LogP contribution in [0.2, 0.25) is 0 Å². The molecule has 0 aromatic rings. The molecule has 5 heteroatoms. The second-order valence-corrected chi connectivity index (χ2v) is 5.76. The topological polar surface area (TPSA) is 46.6 Å². The molecule has 0 spiro atoms. The van der Waals surface area contributed by atoms with E-state index in [1.54, 1.807) is 29.7 Å². The Hall–Kier alpha value is -0.970. The molecule has 0 aliphatic carbocycles. The van der Waals surface area contributed by atoms with Crippen molar-refractivity contribution in [3.63, 3.8) is 0 Å². The van der Waals surface area contributed by atoms with Crippen molar-refractivity contribution in [2.45, 2.75) is 39.7 Å². The van der Waals surface area contributed by atoms with Crippen LogP contribution in [0.3, 0.4) is 0 Å². The van der Waals surface area contributed by atoms with E-state index in [2.05, 4.69) is 6.92 Å². The number of hydrogen-bond acceptors (Lipinski definition) is 4. The van der Waals surface area contributed by atoms with E-state index < -0.39 is 6.04 Å². The van der Waals surface area contributed by atoms with E-state index in [1.165, 1.54) is 0 Å². The first-order valence-electron chi connectivity index (χ1n) is 6.82. The number of carbonyl (C=O) groups excluding carboxylic acids is 2. The summed E-state index contributed by atoms with van der Waals surface area (Å²) in [5.41, 5.74) is 1.06. The molecule has 0 saturated carbocycles. The van der Waals surface area contributed by atoms with Gasteiger partial charge in [0.15, 0.2) is 0 Å². The van der Waals surface area contributed by atoms with Gasteiger partial charge in [0.05, 0.1) is 6.61 Å². The van der Waals surface area contributed by atoms with E-state index in [9.17, 15) is 9.59 Å². The number of nitrogens with zero attached hydrogens (tertiary/aromatic N) is 1. The first-order chi connectivity index (χ1) is 9.10. The quantitative estimate of drug-likeness (QED) is 0.574. The third-order valence-electron chi connectivity index (χ3n) is 2.98. The number of hydrogen-bond donors (Lipinski definition) is 0. The average molecular weight is 285 g/mol. The van der Waals surface area contributed by atoms with Crippen LogP contribution in [0.1, 0.15) is 33.6 Å². The van der Waals surface area contributed by atoms with E-state index in [4.69, 9.17) is 4.74 Å². The summed E-state index contributed by atoms with van der Waals surface area (Å²) < 4.78 is 5.05. The summed E-state index contributed by atoms with van der Waals surface area (Å²) >= 11 is 1.69. The molecule has 1 atom stereocenters. The Morgan fingerprint density at radius 1 is 1.42 bits per heavy atom. The summed E-state index contributed by atoms with van der Waals surface area (Å²) in [6, 6.07) is -0.433. The van der Waals surface area contributed by atoms with Crippen LogP contribution in [0.5, 0.6) is 0 Å². The smallest absolute Gasteiger partial charge is 0.329 e. The third-order valence-corrected chi connectivity index (χ3v) is 4.01. The maximum Gasteiger partial charge on any atom is 0.329 e. The van der Waals surface area contributed by atoms with Crippen LogP contribution >= 0.6 is 11.8 Å². The fourth-order valence-corrected chi connectivity index (χ4v) is 3.09. The number of allylic oxidation sites excluding steroid dienone is 1. The van der Waals surface area contributed by atoms with Gasteiger partial charge in [-0.2, -0.15) is 11.8 Å². The molecule has 1 rings (SSSR count). The zero-order valence-electron chi connectivity index (χ0n) is 12.0. The second kappa shape index (κ2) is 8.25. The molecular weight excluding hydrogens is 262 g/mol. The summed E-state index contributed by atoms with van der Waals surface area (Å²) in [6.07, 6.45) is 3.59. The molecule has 0 aromatic heterocycles. The Kier molecular flexibility index (Phi) is 6.99. The molecule has 1 unspecified atom stereocenters. The van der Waals surface area contributed by atoms with Gasteiger partial charge in [0, 0.05) is 24.1 Å². The van der Waals surface area contributed by atoms with E-state index in [-0.39, 0.29) is 11.9 Å². The number of ether oxygens (including phenoxy) is 1. The van der Waals surface area contributed by atoms with Crippen molar-refractivity contribution in [3.8, 4) is 0 Å². The monoisotopic (exact) mass is 285 g/mol. The van der Waals surface area contributed by atoms with Crippen molar-refractivity contribution in [1.82, 2.24) is 4.90 Å². The van der Waals surface area contributed by atoms with Gasteiger partial charge in [-0.1, -0.05) is 18.9 Å². The molecule has 1 amide bonds. The van der Waals surface area contributed by atoms with E-state index in [1.807, 2.05) is 6.92 Å². The molecule has 1 saturated heterocycles. The fraction of sp³-hybridized carbons (Fsp3) is 0.714. The number of rotatable bonds is 5. The largest absolute Gasteiger partial charge is 0.464 e. The lowest BCUT2D eigenvalue weighted by Crippen LogP contribution is -2.50. The number of amides is 1. The van der Waals surface area contributed by atoms with Crippen LogP contribution in [-0.4, -0.2) is 47.5 Å². The summed E-state index contributed by atoms with van der Waals surface area (Å²) in [6.45, 7) is 6.79. The van der Waals surface area contributed by atoms with Crippen molar-refractivity contribution in [2.75, 3.05) is 24.7 Å². The lowest BCUT2D eigenvalue weighted by Gasteiger charge is -2.33. The van der Waals surface area contributed by atoms with Gasteiger partial charge in [0.1, 0.15) is 6.04 Å². The summed E-state index contributed by atoms with van der Waals surface area (Å²) in [4.78, 5) is 25.8. The predicted octanol–water partition coefficient (Wildman–Crippen LogP) is 2.24. The molecule has 19 heavy (non-hydrogen) atoms. The van der Waals surface area contributed by atoms with Gasteiger partial charge >= 0.3 is 5.97 Å². The second-order valence-electron chi connectivity index (χ2n) is 4.62. The van der Waals surface area contributed by atoms with Gasteiger partial charge < -0.3 is 9.64 Å². The SMILES string of the molecule is CCC/C(C)=C/C(=O)N1CCSCC1C(=O)OCC. The van der Waals surface area contributed by atoms with Gasteiger partial charge in [0.25, 0.3) is 0 Å². The molecule has 1 fully saturated rings. The highest BCUT2D eigenvalue weighted by Gasteiger charge is 2.32. The fourth-order valence-electron chi connectivity index (χ4n) is 2.06. The van der Waals surface area contributed by atoms with Crippen LogP contribution in [0.4, 0.5) is 0 Å². The average Bonchev–Trinajstić information content (AvgIpc) is 2.39. The standard InChI is InChI=1S/C14H23NO3S/c1-4-6-11(3)9-13(16)15-7-8-19-10-12(15)14(17)18-5-2/h9,12H,4-8,10H2,1-3H3/b11-9+. The molecule has 0 aromatic carbocycles.